The molecule has 6 heteroatoms. The number of pyridine rings is 1. The van der Waals surface area contributed by atoms with Gasteiger partial charge >= 0.3 is 0 Å². The largest absolute Gasteiger partial charge is 0.265 e. The van der Waals surface area contributed by atoms with Gasteiger partial charge in [-0.1, -0.05) is 29.0 Å². The van der Waals surface area contributed by atoms with E-state index >= 15 is 0 Å². The van der Waals surface area contributed by atoms with Crippen LogP contribution in [0.3, 0.4) is 0 Å². The van der Waals surface area contributed by atoms with Crippen molar-refractivity contribution >= 4 is 32.6 Å². The van der Waals surface area contributed by atoms with E-state index in [1.54, 1.807) is 12.4 Å². The first-order chi connectivity index (χ1) is 8.64. The highest BCUT2D eigenvalue weighted by Gasteiger charge is 2.09. The van der Waals surface area contributed by atoms with Crippen molar-refractivity contribution in [2.45, 2.75) is 25.7 Å². The fourth-order valence-electron chi connectivity index (χ4n) is 1.50. The first kappa shape index (κ1) is 15.8. The fraction of sp³-hybridized carbons (Fsp3) is 0.583. The third-order valence-corrected chi connectivity index (χ3v) is 4.69. The minimum absolute atomic E-state index is 0.142. The lowest BCUT2D eigenvalue weighted by Gasteiger charge is -2.06. The zero-order valence-corrected chi connectivity index (χ0v) is 13.3. The maximum atomic E-state index is 11.7. The molecule has 0 saturated heterocycles. The number of hydrogen-bond acceptors (Lipinski definition) is 3. The van der Waals surface area contributed by atoms with Gasteiger partial charge in [0.25, 0.3) is 0 Å². The maximum absolute atomic E-state index is 11.7. The van der Waals surface area contributed by atoms with Gasteiger partial charge in [-0.05, 0) is 41.4 Å². The van der Waals surface area contributed by atoms with Crippen LogP contribution in [0.1, 0.15) is 24.8 Å². The van der Waals surface area contributed by atoms with E-state index in [9.17, 15) is 8.42 Å². The predicted octanol–water partition coefficient (Wildman–Crippen LogP) is 2.15. The summed E-state index contributed by atoms with van der Waals surface area (Å²) in [4.78, 5) is 3.90. The molecular formula is C12H19IN2O2S. The quantitative estimate of drug-likeness (QED) is 0.405. The number of halogens is 1. The van der Waals surface area contributed by atoms with Gasteiger partial charge in [-0.2, -0.15) is 0 Å². The molecule has 1 N–H and O–H groups in total. The number of aryl methyl sites for hydroxylation is 1. The number of unbranched alkanes of at least 4 members (excludes halogenated alkanes) is 2. The molecule has 0 bridgehead atoms. The topological polar surface area (TPSA) is 59.1 Å². The first-order valence-electron chi connectivity index (χ1n) is 6.06. The van der Waals surface area contributed by atoms with Crippen LogP contribution < -0.4 is 4.72 Å². The lowest BCUT2D eigenvalue weighted by atomic mass is 10.2. The van der Waals surface area contributed by atoms with Crippen molar-refractivity contribution in [3.8, 4) is 0 Å². The molecule has 1 aromatic heterocycles. The van der Waals surface area contributed by atoms with Crippen LogP contribution in [-0.2, 0) is 16.4 Å². The Balaban J connectivity index is 2.23. The Labute approximate surface area is 123 Å². The Morgan fingerprint density at radius 2 is 1.89 bits per heavy atom. The molecule has 0 aliphatic heterocycles. The molecule has 0 atom stereocenters. The van der Waals surface area contributed by atoms with E-state index in [2.05, 4.69) is 32.3 Å². The van der Waals surface area contributed by atoms with E-state index in [4.69, 9.17) is 0 Å². The van der Waals surface area contributed by atoms with Crippen molar-refractivity contribution < 1.29 is 8.42 Å². The van der Waals surface area contributed by atoms with Crippen molar-refractivity contribution in [1.82, 2.24) is 9.71 Å². The van der Waals surface area contributed by atoms with E-state index in [-0.39, 0.29) is 5.75 Å². The second-order valence-corrected chi connectivity index (χ2v) is 7.07. The van der Waals surface area contributed by atoms with Crippen molar-refractivity contribution in [3.63, 3.8) is 0 Å². The normalized spacial score (nSPS) is 11.6. The van der Waals surface area contributed by atoms with Gasteiger partial charge in [-0.3, -0.25) is 4.98 Å². The zero-order valence-electron chi connectivity index (χ0n) is 10.3. The summed E-state index contributed by atoms with van der Waals surface area (Å²) < 4.78 is 27.2. The number of alkyl halides is 1. The molecule has 0 saturated carbocycles. The molecule has 1 rings (SSSR count). The number of hydrogen-bond donors (Lipinski definition) is 1. The summed E-state index contributed by atoms with van der Waals surface area (Å²) in [6, 6.07) is 3.69. The lowest BCUT2D eigenvalue weighted by Crippen LogP contribution is -2.28. The monoisotopic (exact) mass is 382 g/mol. The minimum atomic E-state index is -3.14. The van der Waals surface area contributed by atoms with Gasteiger partial charge < -0.3 is 0 Å². The molecule has 0 radical (unpaired) electrons. The SMILES string of the molecule is O=S(=O)(CCc1ccncc1)NCCCCCI. The van der Waals surface area contributed by atoms with E-state index in [1.807, 2.05) is 12.1 Å². The lowest BCUT2D eigenvalue weighted by molar-refractivity contribution is 0.575. The van der Waals surface area contributed by atoms with E-state index in [0.29, 0.717) is 13.0 Å². The van der Waals surface area contributed by atoms with Gasteiger partial charge in [0.1, 0.15) is 0 Å². The minimum Gasteiger partial charge on any atom is -0.265 e. The third-order valence-electron chi connectivity index (χ3n) is 2.54. The van der Waals surface area contributed by atoms with Gasteiger partial charge in [-0.25, -0.2) is 13.1 Å². The summed E-state index contributed by atoms with van der Waals surface area (Å²) in [6.45, 7) is 0.551. The molecule has 0 fully saturated rings. The number of nitrogens with one attached hydrogen (secondary N) is 1. The average Bonchev–Trinajstić information content (AvgIpc) is 2.38. The number of sulfonamides is 1. The molecule has 0 aliphatic carbocycles. The third kappa shape index (κ3) is 7.27. The van der Waals surface area contributed by atoms with E-state index in [0.717, 1.165) is 29.3 Å². The van der Waals surface area contributed by atoms with Crippen molar-refractivity contribution in [2.24, 2.45) is 0 Å². The Morgan fingerprint density at radius 3 is 2.56 bits per heavy atom. The van der Waals surface area contributed by atoms with Gasteiger partial charge in [0.05, 0.1) is 5.75 Å². The maximum Gasteiger partial charge on any atom is 0.211 e. The molecule has 18 heavy (non-hydrogen) atoms. The number of aromatic nitrogens is 1. The first-order valence-corrected chi connectivity index (χ1v) is 9.24. The van der Waals surface area contributed by atoms with Crippen LogP contribution in [0.25, 0.3) is 0 Å². The summed E-state index contributed by atoms with van der Waals surface area (Å²) in [5.74, 6) is 0.142. The van der Waals surface area contributed by atoms with Crippen LogP contribution in [0, 0.1) is 0 Å². The van der Waals surface area contributed by atoms with Gasteiger partial charge in [-0.15, -0.1) is 0 Å². The van der Waals surface area contributed by atoms with Crippen LogP contribution in [-0.4, -0.2) is 30.1 Å². The Kier molecular flexibility index (Phi) is 7.76. The van der Waals surface area contributed by atoms with Crippen molar-refractivity contribution in [3.05, 3.63) is 30.1 Å². The van der Waals surface area contributed by atoms with Crippen LogP contribution in [0.4, 0.5) is 0 Å². The fourth-order valence-corrected chi connectivity index (χ4v) is 3.14. The molecule has 0 amide bonds. The summed E-state index contributed by atoms with van der Waals surface area (Å²) >= 11 is 2.33. The number of rotatable bonds is 9. The molecule has 0 spiro atoms. The molecule has 102 valence electrons. The van der Waals surface area contributed by atoms with E-state index < -0.39 is 10.0 Å². The van der Waals surface area contributed by atoms with Gasteiger partial charge in [0.2, 0.25) is 10.0 Å². The van der Waals surface area contributed by atoms with Crippen LogP contribution in [0.5, 0.6) is 0 Å². The molecule has 1 heterocycles. The van der Waals surface area contributed by atoms with Gasteiger partial charge in [0, 0.05) is 18.9 Å². The van der Waals surface area contributed by atoms with Crippen molar-refractivity contribution in [1.29, 1.82) is 0 Å². The summed E-state index contributed by atoms with van der Waals surface area (Å²) in [7, 11) is -3.14. The Hall–Kier alpha value is -0.210. The smallest absolute Gasteiger partial charge is 0.211 e. The van der Waals surface area contributed by atoms with Crippen LogP contribution >= 0.6 is 22.6 Å². The summed E-state index contributed by atoms with van der Waals surface area (Å²) in [5.41, 5.74) is 1.00. The van der Waals surface area contributed by atoms with Gasteiger partial charge in [0.15, 0.2) is 0 Å². The Morgan fingerprint density at radius 1 is 1.17 bits per heavy atom. The highest BCUT2D eigenvalue weighted by atomic mass is 127. The highest BCUT2D eigenvalue weighted by Crippen LogP contribution is 2.01. The number of nitrogens with zero attached hydrogens (tertiary/aromatic N) is 1. The van der Waals surface area contributed by atoms with Crippen molar-refractivity contribution in [2.75, 3.05) is 16.7 Å². The second kappa shape index (κ2) is 8.82. The predicted molar refractivity (Wildman–Crippen MR) is 82.5 cm³/mol. The molecule has 0 unspecified atom stereocenters. The summed E-state index contributed by atoms with van der Waals surface area (Å²) in [5, 5.41) is 0. The van der Waals surface area contributed by atoms with Crippen LogP contribution in [0.15, 0.2) is 24.5 Å². The Bertz CT molecular complexity index is 423. The highest BCUT2D eigenvalue weighted by molar-refractivity contribution is 14.1. The van der Waals surface area contributed by atoms with E-state index in [1.165, 1.54) is 0 Å². The molecular weight excluding hydrogens is 363 g/mol. The standard InChI is InChI=1S/C12H19IN2O2S/c13-7-2-1-3-8-15-18(16,17)11-6-12-4-9-14-10-5-12/h4-5,9-10,15H,1-3,6-8,11H2. The molecule has 1 aromatic rings. The second-order valence-electron chi connectivity index (χ2n) is 4.07. The molecule has 0 aromatic carbocycles. The molecule has 4 nitrogen and oxygen atoms in total. The average molecular weight is 382 g/mol. The van der Waals surface area contributed by atoms with Crippen LogP contribution in [0.2, 0.25) is 0 Å². The zero-order chi connectivity index (χ0) is 13.3. The molecule has 0 aliphatic rings. The summed E-state index contributed by atoms with van der Waals surface area (Å²) in [6.07, 6.45) is 7.04.